The minimum atomic E-state index is -0.941. The predicted octanol–water partition coefficient (Wildman–Crippen LogP) is 3.34. The van der Waals surface area contributed by atoms with Crippen molar-refractivity contribution in [2.24, 2.45) is 0 Å². The average molecular weight is 326 g/mol. The van der Waals surface area contributed by atoms with E-state index in [0.717, 1.165) is 11.6 Å². The molecule has 0 atom stereocenters. The highest BCUT2D eigenvalue weighted by Crippen LogP contribution is 2.22. The number of carbonyl (C=O) groups excluding carboxylic acids is 1. The predicted molar refractivity (Wildman–Crippen MR) is 89.1 cm³/mol. The molecule has 0 bridgehead atoms. The lowest BCUT2D eigenvalue weighted by Gasteiger charge is -2.26. The Morgan fingerprint density at radius 3 is 2.54 bits per heavy atom. The van der Waals surface area contributed by atoms with Crippen LogP contribution < -0.4 is 0 Å². The summed E-state index contributed by atoms with van der Waals surface area (Å²) in [4.78, 5) is 18.7. The summed E-state index contributed by atoms with van der Waals surface area (Å²) >= 11 is 0. The monoisotopic (exact) mass is 326 g/mol. The summed E-state index contributed by atoms with van der Waals surface area (Å²) < 4.78 is 27.2. The molecule has 0 spiro atoms. The highest BCUT2D eigenvalue weighted by molar-refractivity contribution is 6.14. The van der Waals surface area contributed by atoms with Crippen molar-refractivity contribution in [1.82, 2.24) is 9.88 Å². The number of aromatic nitrogens is 1. The zero-order valence-electron chi connectivity index (χ0n) is 13.2. The number of piperidine rings is 1. The Balaban J connectivity index is 1.97. The van der Waals surface area contributed by atoms with Gasteiger partial charge in [-0.3, -0.25) is 14.7 Å². The topological polar surface area (TPSA) is 33.2 Å². The van der Waals surface area contributed by atoms with Crippen molar-refractivity contribution in [2.75, 3.05) is 20.1 Å². The average Bonchev–Trinajstić information content (AvgIpc) is 2.57. The number of pyridine rings is 1. The Morgan fingerprint density at radius 2 is 1.83 bits per heavy atom. The molecular weight excluding hydrogens is 310 g/mol. The van der Waals surface area contributed by atoms with Crippen molar-refractivity contribution >= 4 is 17.9 Å². The molecule has 1 aliphatic rings. The van der Waals surface area contributed by atoms with E-state index >= 15 is 0 Å². The minimum absolute atomic E-state index is 0.0781. The number of ketones is 1. The van der Waals surface area contributed by atoms with Crippen LogP contribution in [0.2, 0.25) is 0 Å². The van der Waals surface area contributed by atoms with Gasteiger partial charge in [-0.25, -0.2) is 8.78 Å². The van der Waals surface area contributed by atoms with Gasteiger partial charge >= 0.3 is 0 Å². The Bertz CT molecular complexity index is 829. The van der Waals surface area contributed by atoms with Gasteiger partial charge in [-0.2, -0.15) is 0 Å². The molecule has 0 aliphatic carbocycles. The highest BCUT2D eigenvalue weighted by atomic mass is 19.2. The molecule has 0 N–H and O–H groups in total. The first-order valence-corrected chi connectivity index (χ1v) is 7.53. The Morgan fingerprint density at radius 1 is 1.08 bits per heavy atom. The lowest BCUT2D eigenvalue weighted by molar-refractivity contribution is -0.113. The molecule has 122 valence electrons. The molecule has 0 saturated carbocycles. The molecule has 1 aromatic carbocycles. The van der Waals surface area contributed by atoms with Crippen molar-refractivity contribution in [3.63, 3.8) is 0 Å². The van der Waals surface area contributed by atoms with Gasteiger partial charge in [-0.1, -0.05) is 18.2 Å². The molecule has 24 heavy (non-hydrogen) atoms. The fourth-order valence-corrected chi connectivity index (χ4v) is 2.69. The van der Waals surface area contributed by atoms with Gasteiger partial charge in [-0.05, 0) is 36.9 Å². The summed E-state index contributed by atoms with van der Waals surface area (Å²) in [5.41, 5.74) is 1.94. The van der Waals surface area contributed by atoms with Crippen molar-refractivity contribution < 1.29 is 13.6 Å². The van der Waals surface area contributed by atoms with E-state index in [2.05, 4.69) is 4.98 Å². The number of carbonyl (C=O) groups is 1. The van der Waals surface area contributed by atoms with Crippen molar-refractivity contribution in [2.45, 2.75) is 0 Å². The second-order valence-corrected chi connectivity index (χ2v) is 5.77. The van der Waals surface area contributed by atoms with E-state index in [1.165, 1.54) is 18.2 Å². The number of Topliss-reactive ketones (excluding diaryl/α,β-unsaturated/α-hetero) is 1. The molecule has 2 heterocycles. The number of rotatable bonds is 2. The van der Waals surface area contributed by atoms with Gasteiger partial charge in [0, 0.05) is 42.2 Å². The molecule has 0 unspecified atom stereocenters. The first-order valence-electron chi connectivity index (χ1n) is 7.53. The number of halogens is 2. The largest absolute Gasteiger partial charge is 0.298 e. The lowest BCUT2D eigenvalue weighted by atomic mass is 9.95. The van der Waals surface area contributed by atoms with Crippen LogP contribution in [0, 0.1) is 11.6 Å². The maximum Gasteiger partial charge on any atom is 0.187 e. The van der Waals surface area contributed by atoms with Crippen molar-refractivity contribution in [3.05, 3.63) is 76.6 Å². The first-order chi connectivity index (χ1) is 11.5. The number of benzene rings is 1. The van der Waals surface area contributed by atoms with E-state index in [0.29, 0.717) is 24.2 Å². The maximum absolute atomic E-state index is 13.9. The smallest absolute Gasteiger partial charge is 0.187 e. The van der Waals surface area contributed by atoms with Crippen molar-refractivity contribution in [1.29, 1.82) is 0 Å². The molecular formula is C19H16F2N2O. The van der Waals surface area contributed by atoms with E-state index in [1.54, 1.807) is 24.5 Å². The summed E-state index contributed by atoms with van der Waals surface area (Å²) in [6, 6.07) is 7.59. The zero-order chi connectivity index (χ0) is 17.1. The normalized spacial score (nSPS) is 19.2. The first kappa shape index (κ1) is 16.2. The van der Waals surface area contributed by atoms with Gasteiger partial charge < -0.3 is 0 Å². The van der Waals surface area contributed by atoms with Gasteiger partial charge in [0.2, 0.25) is 0 Å². The summed E-state index contributed by atoms with van der Waals surface area (Å²) in [5.74, 6) is -2.02. The molecule has 3 nitrogen and oxygen atoms in total. The Hall–Kier alpha value is -2.66. The van der Waals surface area contributed by atoms with Crippen LogP contribution in [0.1, 0.15) is 11.1 Å². The van der Waals surface area contributed by atoms with Crippen LogP contribution in [0.25, 0.3) is 12.2 Å². The molecule has 0 amide bonds. The molecule has 1 aliphatic heterocycles. The molecule has 1 fully saturated rings. The van der Waals surface area contributed by atoms with Gasteiger partial charge in [-0.15, -0.1) is 0 Å². The molecule has 0 radical (unpaired) electrons. The maximum atomic E-state index is 13.9. The molecule has 3 rings (SSSR count). The third kappa shape index (κ3) is 3.46. The number of hydrogen-bond acceptors (Lipinski definition) is 3. The third-order valence-electron chi connectivity index (χ3n) is 3.80. The summed E-state index contributed by atoms with van der Waals surface area (Å²) in [5, 5.41) is 0. The third-order valence-corrected chi connectivity index (χ3v) is 3.80. The molecule has 2 aromatic rings. The SMILES string of the molecule is CN1CC(=Cc2cccnc2)C(=O)/C(=C/c2cccc(F)c2F)C1. The van der Waals surface area contributed by atoms with Crippen LogP contribution in [0.15, 0.2) is 53.9 Å². The number of hydrogen-bond donors (Lipinski definition) is 0. The zero-order valence-corrected chi connectivity index (χ0v) is 13.2. The Labute approximate surface area is 138 Å². The van der Waals surface area contributed by atoms with Gasteiger partial charge in [0.25, 0.3) is 0 Å². The standard InChI is InChI=1S/C19H16F2N2O/c1-23-11-15(8-13-4-3-7-22-10-13)19(24)16(12-23)9-14-5-2-6-17(20)18(14)21/h2-10H,11-12H2,1H3/b15-8?,16-9+. The summed E-state index contributed by atoms with van der Waals surface area (Å²) in [6.07, 6.45) is 6.54. The number of likely N-dealkylation sites (N-methyl/N-ethyl adjacent to an activating group) is 1. The van der Waals surface area contributed by atoms with Crippen LogP contribution in [0.5, 0.6) is 0 Å². The molecule has 1 saturated heterocycles. The van der Waals surface area contributed by atoms with E-state index in [9.17, 15) is 13.6 Å². The van der Waals surface area contributed by atoms with E-state index in [1.807, 2.05) is 18.0 Å². The van der Waals surface area contributed by atoms with Crippen LogP contribution in [0.3, 0.4) is 0 Å². The van der Waals surface area contributed by atoms with E-state index in [4.69, 9.17) is 0 Å². The van der Waals surface area contributed by atoms with Gasteiger partial charge in [0.15, 0.2) is 17.4 Å². The Kier molecular flexibility index (Phi) is 4.62. The number of likely N-dealkylation sites (tertiary alicyclic amines) is 1. The molecule has 1 aromatic heterocycles. The van der Waals surface area contributed by atoms with Gasteiger partial charge in [0.1, 0.15) is 0 Å². The van der Waals surface area contributed by atoms with Gasteiger partial charge in [0.05, 0.1) is 0 Å². The van der Waals surface area contributed by atoms with Crippen LogP contribution in [-0.2, 0) is 4.79 Å². The van der Waals surface area contributed by atoms with Crippen LogP contribution in [0.4, 0.5) is 8.78 Å². The van der Waals surface area contributed by atoms with Crippen LogP contribution >= 0.6 is 0 Å². The molecule has 5 heteroatoms. The quantitative estimate of drug-likeness (QED) is 0.794. The second kappa shape index (κ2) is 6.84. The number of nitrogens with zero attached hydrogens (tertiary/aromatic N) is 2. The summed E-state index contributed by atoms with van der Waals surface area (Å²) in [7, 11) is 1.87. The minimum Gasteiger partial charge on any atom is -0.298 e. The lowest BCUT2D eigenvalue weighted by Crippen LogP contribution is -2.34. The van der Waals surface area contributed by atoms with Crippen molar-refractivity contribution in [3.8, 4) is 0 Å². The highest BCUT2D eigenvalue weighted by Gasteiger charge is 2.24. The van der Waals surface area contributed by atoms with E-state index < -0.39 is 11.6 Å². The summed E-state index contributed by atoms with van der Waals surface area (Å²) in [6.45, 7) is 0.885. The fraction of sp³-hybridized carbons (Fsp3) is 0.158. The fourth-order valence-electron chi connectivity index (χ4n) is 2.69. The van der Waals surface area contributed by atoms with E-state index in [-0.39, 0.29) is 11.3 Å². The second-order valence-electron chi connectivity index (χ2n) is 5.77. The van der Waals surface area contributed by atoms with Crippen LogP contribution in [-0.4, -0.2) is 35.8 Å².